The van der Waals surface area contributed by atoms with Crippen LogP contribution in [0.15, 0.2) is 12.2 Å². The summed E-state index contributed by atoms with van der Waals surface area (Å²) in [4.78, 5) is 38.0. The number of carbonyl (C=O) groups excluding carboxylic acids is 3. The van der Waals surface area contributed by atoms with Gasteiger partial charge in [0.1, 0.15) is 13.2 Å². The Morgan fingerprint density at radius 1 is 0.288 bits per heavy atom. The molecule has 0 aliphatic rings. The van der Waals surface area contributed by atoms with Gasteiger partial charge in [-0.15, -0.1) is 0 Å². The summed E-state index contributed by atoms with van der Waals surface area (Å²) >= 11 is 0. The molecular weight excluding hydrogens is 817 g/mol. The molecule has 0 amide bonds. The van der Waals surface area contributed by atoms with E-state index in [0.29, 0.717) is 19.3 Å². The van der Waals surface area contributed by atoms with Crippen LogP contribution < -0.4 is 0 Å². The van der Waals surface area contributed by atoms with E-state index in [4.69, 9.17) is 14.2 Å². The van der Waals surface area contributed by atoms with Crippen molar-refractivity contribution in [2.75, 3.05) is 13.2 Å². The minimum atomic E-state index is -0.768. The number of carbonyl (C=O) groups is 3. The molecule has 0 spiro atoms. The largest absolute Gasteiger partial charge is 0.462 e. The minimum absolute atomic E-state index is 0.0678. The second-order valence-corrected chi connectivity index (χ2v) is 20.3. The van der Waals surface area contributed by atoms with Gasteiger partial charge in [0.05, 0.1) is 0 Å². The molecule has 0 radical (unpaired) electrons. The molecule has 6 heteroatoms. The lowest BCUT2D eigenvalue weighted by molar-refractivity contribution is -0.167. The van der Waals surface area contributed by atoms with E-state index >= 15 is 0 Å². The maximum Gasteiger partial charge on any atom is 0.306 e. The van der Waals surface area contributed by atoms with Crippen LogP contribution in [0.4, 0.5) is 0 Å². The van der Waals surface area contributed by atoms with Gasteiger partial charge in [-0.3, -0.25) is 14.4 Å². The van der Waals surface area contributed by atoms with E-state index < -0.39 is 6.10 Å². The first kappa shape index (κ1) is 64.2. The van der Waals surface area contributed by atoms with Gasteiger partial charge in [-0.25, -0.2) is 0 Å². The molecule has 0 aliphatic carbocycles. The Balaban J connectivity index is 4.12. The molecule has 0 bridgehead atoms. The lowest BCUT2D eigenvalue weighted by Gasteiger charge is -2.18. The summed E-state index contributed by atoms with van der Waals surface area (Å²) in [6.07, 6.45) is 63.7. The Labute approximate surface area is 411 Å². The van der Waals surface area contributed by atoms with Crippen LogP contribution in [-0.2, 0) is 28.6 Å². The maximum atomic E-state index is 12.8. The molecule has 0 aliphatic heterocycles. The highest BCUT2D eigenvalue weighted by atomic mass is 16.6. The lowest BCUT2D eigenvalue weighted by atomic mass is 10.0. The Morgan fingerprint density at radius 3 is 0.773 bits per heavy atom. The second kappa shape index (κ2) is 55.7. The van der Waals surface area contributed by atoms with Crippen molar-refractivity contribution in [3.63, 3.8) is 0 Å². The van der Waals surface area contributed by atoms with E-state index in [2.05, 4.69) is 32.9 Å². The van der Waals surface area contributed by atoms with E-state index in [1.807, 2.05) is 0 Å². The normalized spacial score (nSPS) is 12.0. The zero-order valence-corrected chi connectivity index (χ0v) is 44.7. The Bertz CT molecular complexity index is 1020. The van der Waals surface area contributed by atoms with E-state index in [9.17, 15) is 14.4 Å². The Kier molecular flexibility index (Phi) is 54.2. The standard InChI is InChI=1S/C60H114O6/c1-4-7-10-13-16-19-22-24-25-26-27-28-29-30-31-32-33-34-35-37-38-41-44-47-50-53-59(62)65-56-57(55-64-58(61)52-49-46-43-40-21-18-15-12-9-6-3)66-60(63)54-51-48-45-42-39-36-23-20-17-14-11-8-5-2/h20,23,57H,4-19,21-22,24-56H2,1-3H3/b23-20-. The van der Waals surface area contributed by atoms with Gasteiger partial charge in [0.2, 0.25) is 0 Å². The molecule has 0 N–H and O–H groups in total. The number of ether oxygens (including phenoxy) is 3. The molecule has 0 fully saturated rings. The highest BCUT2D eigenvalue weighted by Gasteiger charge is 2.19. The van der Waals surface area contributed by atoms with Crippen LogP contribution in [0.25, 0.3) is 0 Å². The van der Waals surface area contributed by atoms with Crippen LogP contribution in [0.5, 0.6) is 0 Å². The first-order chi connectivity index (χ1) is 32.5. The molecule has 0 aromatic rings. The first-order valence-corrected chi connectivity index (χ1v) is 29.7. The van der Waals surface area contributed by atoms with Crippen LogP contribution in [0, 0.1) is 0 Å². The summed E-state index contributed by atoms with van der Waals surface area (Å²) in [5, 5.41) is 0. The summed E-state index contributed by atoms with van der Waals surface area (Å²) in [5.41, 5.74) is 0. The highest BCUT2D eigenvalue weighted by molar-refractivity contribution is 5.71. The molecule has 6 nitrogen and oxygen atoms in total. The van der Waals surface area contributed by atoms with Gasteiger partial charge in [0, 0.05) is 19.3 Å². The Hall–Kier alpha value is -1.85. The third kappa shape index (κ3) is 53.1. The zero-order chi connectivity index (χ0) is 47.9. The van der Waals surface area contributed by atoms with Crippen LogP contribution in [0.1, 0.15) is 335 Å². The molecule has 0 saturated heterocycles. The van der Waals surface area contributed by atoms with Crippen LogP contribution in [0.2, 0.25) is 0 Å². The van der Waals surface area contributed by atoms with Crippen molar-refractivity contribution in [2.24, 2.45) is 0 Å². The molecular formula is C60H114O6. The van der Waals surface area contributed by atoms with Crippen molar-refractivity contribution in [3.8, 4) is 0 Å². The summed E-state index contributed by atoms with van der Waals surface area (Å²) in [5.74, 6) is -0.857. The zero-order valence-electron chi connectivity index (χ0n) is 44.7. The molecule has 0 aromatic heterocycles. The first-order valence-electron chi connectivity index (χ1n) is 29.7. The summed E-state index contributed by atoms with van der Waals surface area (Å²) in [7, 11) is 0. The molecule has 0 aromatic carbocycles. The number of hydrogen-bond donors (Lipinski definition) is 0. The quantitative estimate of drug-likeness (QED) is 0.0262. The van der Waals surface area contributed by atoms with Crippen molar-refractivity contribution >= 4 is 17.9 Å². The monoisotopic (exact) mass is 931 g/mol. The third-order valence-electron chi connectivity index (χ3n) is 13.5. The van der Waals surface area contributed by atoms with Crippen molar-refractivity contribution in [1.29, 1.82) is 0 Å². The fourth-order valence-corrected chi connectivity index (χ4v) is 9.03. The van der Waals surface area contributed by atoms with E-state index in [1.54, 1.807) is 0 Å². The number of hydrogen-bond acceptors (Lipinski definition) is 6. The molecule has 0 rings (SSSR count). The van der Waals surface area contributed by atoms with Gasteiger partial charge in [0.15, 0.2) is 6.10 Å². The maximum absolute atomic E-state index is 12.8. The van der Waals surface area contributed by atoms with E-state index in [0.717, 1.165) is 64.2 Å². The van der Waals surface area contributed by atoms with Crippen molar-refractivity contribution < 1.29 is 28.6 Å². The van der Waals surface area contributed by atoms with Gasteiger partial charge in [-0.1, -0.05) is 283 Å². The molecule has 0 heterocycles. The molecule has 66 heavy (non-hydrogen) atoms. The number of allylic oxidation sites excluding steroid dienone is 2. The SMILES string of the molecule is CCCCCC/C=C\CCCCCCCC(=O)OC(COC(=O)CCCCCCCCCCCC)COC(=O)CCCCCCCCCCCCCCCCCCCCCCCCCCC. The third-order valence-corrected chi connectivity index (χ3v) is 13.5. The lowest BCUT2D eigenvalue weighted by Crippen LogP contribution is -2.30. The average molecular weight is 932 g/mol. The van der Waals surface area contributed by atoms with E-state index in [1.165, 1.54) is 231 Å². The molecule has 0 saturated carbocycles. The smallest absolute Gasteiger partial charge is 0.306 e. The van der Waals surface area contributed by atoms with Gasteiger partial charge < -0.3 is 14.2 Å². The van der Waals surface area contributed by atoms with Gasteiger partial charge in [-0.05, 0) is 44.9 Å². The summed E-state index contributed by atoms with van der Waals surface area (Å²) in [6, 6.07) is 0. The van der Waals surface area contributed by atoms with Crippen LogP contribution in [-0.4, -0.2) is 37.2 Å². The Morgan fingerprint density at radius 2 is 0.500 bits per heavy atom. The van der Waals surface area contributed by atoms with Gasteiger partial charge >= 0.3 is 17.9 Å². The van der Waals surface area contributed by atoms with Crippen molar-refractivity contribution in [2.45, 2.75) is 341 Å². The van der Waals surface area contributed by atoms with Crippen LogP contribution in [0.3, 0.4) is 0 Å². The molecule has 1 unspecified atom stereocenters. The van der Waals surface area contributed by atoms with Crippen molar-refractivity contribution in [1.82, 2.24) is 0 Å². The minimum Gasteiger partial charge on any atom is -0.462 e. The highest BCUT2D eigenvalue weighted by Crippen LogP contribution is 2.18. The number of esters is 3. The van der Waals surface area contributed by atoms with E-state index in [-0.39, 0.29) is 31.1 Å². The summed E-state index contributed by atoms with van der Waals surface area (Å²) in [6.45, 7) is 6.66. The summed E-state index contributed by atoms with van der Waals surface area (Å²) < 4.78 is 16.8. The number of unbranched alkanes of at least 4 members (excludes halogenated alkanes) is 42. The molecule has 1 atom stereocenters. The fourth-order valence-electron chi connectivity index (χ4n) is 9.03. The van der Waals surface area contributed by atoms with Crippen molar-refractivity contribution in [3.05, 3.63) is 12.2 Å². The predicted octanol–water partition coefficient (Wildman–Crippen LogP) is 19.7. The van der Waals surface area contributed by atoms with Gasteiger partial charge in [-0.2, -0.15) is 0 Å². The van der Waals surface area contributed by atoms with Crippen LogP contribution >= 0.6 is 0 Å². The molecule has 390 valence electrons. The fraction of sp³-hybridized carbons (Fsp3) is 0.917. The van der Waals surface area contributed by atoms with Gasteiger partial charge in [0.25, 0.3) is 0 Å². The predicted molar refractivity (Wildman–Crippen MR) is 284 cm³/mol. The topological polar surface area (TPSA) is 78.9 Å². The average Bonchev–Trinajstić information content (AvgIpc) is 3.31. The second-order valence-electron chi connectivity index (χ2n) is 20.3. The number of rotatable bonds is 55.